The Morgan fingerprint density at radius 2 is 1.92 bits per heavy atom. The second-order valence-corrected chi connectivity index (χ2v) is 3.08. The summed E-state index contributed by atoms with van der Waals surface area (Å²) in [6, 6.07) is 0. The molecule has 0 aromatic carbocycles. The second kappa shape index (κ2) is 7.15. The molecule has 2 nitrogen and oxygen atoms in total. The largest absolute Gasteiger partial charge is 0.396 e. The molecule has 0 radical (unpaired) electrons. The summed E-state index contributed by atoms with van der Waals surface area (Å²) in [5.41, 5.74) is 0. The van der Waals surface area contributed by atoms with E-state index in [0.29, 0.717) is 5.92 Å². The Morgan fingerprint density at radius 1 is 1.25 bits per heavy atom. The topological polar surface area (TPSA) is 40.5 Å². The van der Waals surface area contributed by atoms with Crippen LogP contribution in [0.5, 0.6) is 0 Å². The number of rotatable bonds is 6. The molecule has 70 valence electrons. The summed E-state index contributed by atoms with van der Waals surface area (Å²) >= 11 is 0. The normalized spacial score (nSPS) is 15.2. The van der Waals surface area contributed by atoms with Crippen LogP contribution in [0.1, 0.15) is 26.2 Å². The van der Waals surface area contributed by atoms with Crippen LogP contribution in [0.2, 0.25) is 0 Å². The van der Waals surface area contributed by atoms with Crippen molar-refractivity contribution >= 4 is 0 Å². The van der Waals surface area contributed by atoms with Crippen molar-refractivity contribution in [2.45, 2.75) is 26.2 Å². The first kappa shape index (κ1) is 11.5. The van der Waals surface area contributed by atoms with E-state index in [1.54, 1.807) is 0 Å². The summed E-state index contributed by atoms with van der Waals surface area (Å²) in [7, 11) is 0. The predicted octanol–water partition coefficient (Wildman–Crippen LogP) is 1.03. The molecule has 0 aliphatic heterocycles. The SMILES string of the molecule is C#CC(CO)CCC(CC)CO. The van der Waals surface area contributed by atoms with E-state index in [9.17, 15) is 0 Å². The summed E-state index contributed by atoms with van der Waals surface area (Å²) in [6.45, 7) is 2.32. The fourth-order valence-electron chi connectivity index (χ4n) is 1.09. The standard InChI is InChI=1S/C10H18O2/c1-3-9(7-11)5-6-10(4-2)8-12/h1,9-12H,4-8H2,2H3. The molecule has 12 heavy (non-hydrogen) atoms. The maximum absolute atomic E-state index is 8.87. The molecule has 0 aliphatic rings. The number of hydrogen-bond donors (Lipinski definition) is 2. The summed E-state index contributed by atoms with van der Waals surface area (Å²) in [4.78, 5) is 0. The van der Waals surface area contributed by atoms with E-state index in [0.717, 1.165) is 19.3 Å². The fraction of sp³-hybridized carbons (Fsp3) is 0.800. The van der Waals surface area contributed by atoms with Gasteiger partial charge in [-0.1, -0.05) is 13.3 Å². The Bertz CT molecular complexity index is 133. The summed E-state index contributed by atoms with van der Waals surface area (Å²) in [5.74, 6) is 2.83. The molecule has 0 rings (SSSR count). The molecule has 0 aromatic rings. The lowest BCUT2D eigenvalue weighted by Crippen LogP contribution is -2.09. The van der Waals surface area contributed by atoms with Crippen molar-refractivity contribution in [3.05, 3.63) is 0 Å². The van der Waals surface area contributed by atoms with Crippen LogP contribution in [-0.2, 0) is 0 Å². The van der Waals surface area contributed by atoms with Gasteiger partial charge in [0.05, 0.1) is 6.61 Å². The third-order valence-electron chi connectivity index (χ3n) is 2.22. The van der Waals surface area contributed by atoms with Gasteiger partial charge in [0.25, 0.3) is 0 Å². The second-order valence-electron chi connectivity index (χ2n) is 3.08. The fourth-order valence-corrected chi connectivity index (χ4v) is 1.09. The van der Waals surface area contributed by atoms with E-state index in [2.05, 4.69) is 5.92 Å². The van der Waals surface area contributed by atoms with Crippen LogP contribution in [0.15, 0.2) is 0 Å². The minimum atomic E-state index is -0.0365. The minimum absolute atomic E-state index is 0.0365. The van der Waals surface area contributed by atoms with Crippen molar-refractivity contribution in [2.75, 3.05) is 13.2 Å². The first-order valence-corrected chi connectivity index (χ1v) is 4.46. The number of terminal acetylenes is 1. The molecule has 0 bridgehead atoms. The third kappa shape index (κ3) is 4.38. The zero-order valence-corrected chi connectivity index (χ0v) is 7.66. The van der Waals surface area contributed by atoms with Gasteiger partial charge in [0, 0.05) is 12.5 Å². The smallest absolute Gasteiger partial charge is 0.0568 e. The highest BCUT2D eigenvalue weighted by atomic mass is 16.3. The summed E-state index contributed by atoms with van der Waals surface area (Å²) in [6.07, 6.45) is 7.87. The Hall–Kier alpha value is -0.520. The molecule has 0 amide bonds. The third-order valence-corrected chi connectivity index (χ3v) is 2.22. The zero-order chi connectivity index (χ0) is 9.40. The van der Waals surface area contributed by atoms with Crippen LogP contribution < -0.4 is 0 Å². The molecule has 2 unspecified atom stereocenters. The van der Waals surface area contributed by atoms with Gasteiger partial charge in [-0.25, -0.2) is 0 Å². The molecule has 2 heteroatoms. The van der Waals surface area contributed by atoms with Gasteiger partial charge in [0.2, 0.25) is 0 Å². The van der Waals surface area contributed by atoms with Crippen LogP contribution in [0.25, 0.3) is 0 Å². The van der Waals surface area contributed by atoms with Gasteiger partial charge in [-0.3, -0.25) is 0 Å². The van der Waals surface area contributed by atoms with Crippen molar-refractivity contribution in [1.29, 1.82) is 0 Å². The molecule has 2 atom stereocenters. The van der Waals surface area contributed by atoms with Gasteiger partial charge in [0.15, 0.2) is 0 Å². The number of aliphatic hydroxyl groups excluding tert-OH is 2. The number of aliphatic hydroxyl groups is 2. The Labute approximate surface area is 74.6 Å². The maximum Gasteiger partial charge on any atom is 0.0568 e. The van der Waals surface area contributed by atoms with Gasteiger partial charge >= 0.3 is 0 Å². The van der Waals surface area contributed by atoms with Crippen molar-refractivity contribution in [1.82, 2.24) is 0 Å². The molecule has 0 spiro atoms. The lowest BCUT2D eigenvalue weighted by molar-refractivity contribution is 0.196. The van der Waals surface area contributed by atoms with Crippen LogP contribution in [0.3, 0.4) is 0 Å². The molecule has 0 aromatic heterocycles. The van der Waals surface area contributed by atoms with Crippen LogP contribution in [-0.4, -0.2) is 23.4 Å². The van der Waals surface area contributed by atoms with E-state index in [1.807, 2.05) is 6.92 Å². The first-order valence-electron chi connectivity index (χ1n) is 4.46. The molecule has 2 N–H and O–H groups in total. The van der Waals surface area contributed by atoms with E-state index in [-0.39, 0.29) is 19.1 Å². The highest BCUT2D eigenvalue weighted by Gasteiger charge is 2.08. The minimum Gasteiger partial charge on any atom is -0.396 e. The highest BCUT2D eigenvalue weighted by Crippen LogP contribution is 2.14. The summed E-state index contributed by atoms with van der Waals surface area (Å²) in [5, 5.41) is 17.6. The monoisotopic (exact) mass is 170 g/mol. The van der Waals surface area contributed by atoms with Crippen molar-refractivity contribution in [2.24, 2.45) is 11.8 Å². The Kier molecular flexibility index (Phi) is 6.84. The van der Waals surface area contributed by atoms with Gasteiger partial charge in [-0.15, -0.1) is 12.3 Å². The molecule has 0 saturated heterocycles. The van der Waals surface area contributed by atoms with Crippen LogP contribution >= 0.6 is 0 Å². The lowest BCUT2D eigenvalue weighted by atomic mass is 9.95. The van der Waals surface area contributed by atoms with E-state index >= 15 is 0 Å². The van der Waals surface area contributed by atoms with Gasteiger partial charge in [0.1, 0.15) is 0 Å². The predicted molar refractivity (Wildman–Crippen MR) is 49.5 cm³/mol. The van der Waals surface area contributed by atoms with Crippen LogP contribution in [0, 0.1) is 24.2 Å². The van der Waals surface area contributed by atoms with Gasteiger partial charge in [-0.2, -0.15) is 0 Å². The maximum atomic E-state index is 8.87. The first-order chi connectivity index (χ1) is 5.78. The average Bonchev–Trinajstić information content (AvgIpc) is 2.13. The van der Waals surface area contributed by atoms with E-state index < -0.39 is 0 Å². The van der Waals surface area contributed by atoms with Crippen LogP contribution in [0.4, 0.5) is 0 Å². The Balaban J connectivity index is 3.58. The highest BCUT2D eigenvalue weighted by molar-refractivity contribution is 4.92. The van der Waals surface area contributed by atoms with E-state index in [1.165, 1.54) is 0 Å². The van der Waals surface area contributed by atoms with Gasteiger partial charge in [-0.05, 0) is 18.8 Å². The zero-order valence-electron chi connectivity index (χ0n) is 7.66. The molecular weight excluding hydrogens is 152 g/mol. The molecule has 0 fully saturated rings. The van der Waals surface area contributed by atoms with E-state index in [4.69, 9.17) is 16.6 Å². The molecule has 0 saturated carbocycles. The lowest BCUT2D eigenvalue weighted by Gasteiger charge is -2.13. The summed E-state index contributed by atoms with van der Waals surface area (Å²) < 4.78 is 0. The van der Waals surface area contributed by atoms with Crippen molar-refractivity contribution in [3.63, 3.8) is 0 Å². The average molecular weight is 170 g/mol. The number of hydrogen-bond acceptors (Lipinski definition) is 2. The quantitative estimate of drug-likeness (QED) is 0.584. The molecule has 0 aliphatic carbocycles. The van der Waals surface area contributed by atoms with Crippen molar-refractivity contribution in [3.8, 4) is 12.3 Å². The molecule has 0 heterocycles. The van der Waals surface area contributed by atoms with Gasteiger partial charge < -0.3 is 10.2 Å². The Morgan fingerprint density at radius 3 is 2.25 bits per heavy atom. The molecular formula is C10H18O2. The van der Waals surface area contributed by atoms with Crippen molar-refractivity contribution < 1.29 is 10.2 Å².